The number of thioether (sulfide) groups is 1. The fourth-order valence-electron chi connectivity index (χ4n) is 3.20. The SMILES string of the molecule is COCCOC(=O)C1=C(C)NC(SCC(=O)Nc2ccc(Br)cc2)=C(C#N)[C@@H]1c1ccco1. The molecule has 0 bridgehead atoms. The highest BCUT2D eigenvalue weighted by molar-refractivity contribution is 9.10. The smallest absolute Gasteiger partial charge is 0.336 e. The lowest BCUT2D eigenvalue weighted by atomic mass is 9.86. The summed E-state index contributed by atoms with van der Waals surface area (Å²) in [6, 6.07) is 12.8. The lowest BCUT2D eigenvalue weighted by molar-refractivity contribution is -0.140. The quantitative estimate of drug-likeness (QED) is 0.363. The van der Waals surface area contributed by atoms with Gasteiger partial charge in [0.05, 0.1) is 46.8 Å². The Morgan fingerprint density at radius 3 is 2.67 bits per heavy atom. The van der Waals surface area contributed by atoms with Crippen molar-refractivity contribution in [1.82, 2.24) is 5.32 Å². The Morgan fingerprint density at radius 2 is 2.03 bits per heavy atom. The summed E-state index contributed by atoms with van der Waals surface area (Å²) < 4.78 is 16.7. The molecule has 2 N–H and O–H groups in total. The molecule has 0 spiro atoms. The Balaban J connectivity index is 1.80. The molecule has 33 heavy (non-hydrogen) atoms. The van der Waals surface area contributed by atoms with Gasteiger partial charge in [-0.05, 0) is 43.3 Å². The van der Waals surface area contributed by atoms with Crippen LogP contribution in [0.25, 0.3) is 0 Å². The van der Waals surface area contributed by atoms with Crippen molar-refractivity contribution in [2.75, 3.05) is 31.4 Å². The number of carbonyl (C=O) groups excluding carboxylic acids is 2. The number of rotatable bonds is 9. The molecule has 1 aromatic heterocycles. The molecular weight excluding hydrogens is 510 g/mol. The molecule has 1 amide bonds. The topological polar surface area (TPSA) is 114 Å². The number of nitrogens with zero attached hydrogens (tertiary/aromatic N) is 1. The first-order chi connectivity index (χ1) is 15.9. The van der Waals surface area contributed by atoms with Crippen LogP contribution in [0.1, 0.15) is 18.6 Å². The van der Waals surface area contributed by atoms with Gasteiger partial charge in [0, 0.05) is 23.0 Å². The van der Waals surface area contributed by atoms with Crippen molar-refractivity contribution in [3.8, 4) is 6.07 Å². The van der Waals surface area contributed by atoms with Gasteiger partial charge < -0.3 is 24.5 Å². The molecular formula is C23H22BrN3O5S. The Bertz CT molecular complexity index is 1100. The summed E-state index contributed by atoms with van der Waals surface area (Å²) in [5.41, 5.74) is 1.74. The van der Waals surface area contributed by atoms with Crippen LogP contribution in [0.15, 0.2) is 73.4 Å². The molecule has 0 radical (unpaired) electrons. The monoisotopic (exact) mass is 531 g/mol. The molecule has 0 fully saturated rings. The van der Waals surface area contributed by atoms with Crippen molar-refractivity contribution in [2.24, 2.45) is 0 Å². The summed E-state index contributed by atoms with van der Waals surface area (Å²) in [7, 11) is 1.51. The van der Waals surface area contributed by atoms with Crippen LogP contribution < -0.4 is 10.6 Å². The second-order valence-electron chi connectivity index (χ2n) is 6.94. The molecule has 0 unspecified atom stereocenters. The molecule has 2 heterocycles. The first kappa shape index (κ1) is 24.6. The summed E-state index contributed by atoms with van der Waals surface area (Å²) in [6.07, 6.45) is 1.48. The summed E-state index contributed by atoms with van der Waals surface area (Å²) >= 11 is 4.53. The number of amides is 1. The molecule has 0 saturated carbocycles. The van der Waals surface area contributed by atoms with E-state index < -0.39 is 11.9 Å². The number of nitrogens with one attached hydrogen (secondary N) is 2. The van der Waals surface area contributed by atoms with Gasteiger partial charge in [-0.25, -0.2) is 4.79 Å². The molecule has 1 aliphatic heterocycles. The van der Waals surface area contributed by atoms with Crippen LogP contribution >= 0.6 is 27.7 Å². The van der Waals surface area contributed by atoms with Crippen molar-refractivity contribution in [3.63, 3.8) is 0 Å². The number of esters is 1. The normalized spacial score (nSPS) is 15.6. The van der Waals surface area contributed by atoms with E-state index in [1.165, 1.54) is 25.1 Å². The van der Waals surface area contributed by atoms with E-state index in [1.807, 2.05) is 12.1 Å². The number of benzene rings is 1. The summed E-state index contributed by atoms with van der Waals surface area (Å²) in [5, 5.41) is 16.4. The number of allylic oxidation sites excluding steroid dienone is 2. The zero-order valence-electron chi connectivity index (χ0n) is 18.0. The van der Waals surface area contributed by atoms with Crippen molar-refractivity contribution >= 4 is 45.3 Å². The predicted molar refractivity (Wildman–Crippen MR) is 128 cm³/mol. The minimum atomic E-state index is -0.752. The van der Waals surface area contributed by atoms with E-state index in [0.29, 0.717) is 22.2 Å². The highest BCUT2D eigenvalue weighted by Crippen LogP contribution is 2.41. The third kappa shape index (κ3) is 6.28. The van der Waals surface area contributed by atoms with Crippen molar-refractivity contribution in [2.45, 2.75) is 12.8 Å². The van der Waals surface area contributed by atoms with Gasteiger partial charge in [-0.2, -0.15) is 5.26 Å². The van der Waals surface area contributed by atoms with Crippen LogP contribution in [0.2, 0.25) is 0 Å². The number of furan rings is 1. The molecule has 0 saturated heterocycles. The van der Waals surface area contributed by atoms with Gasteiger partial charge in [0.2, 0.25) is 5.91 Å². The molecule has 1 aliphatic rings. The number of hydrogen-bond donors (Lipinski definition) is 2. The van der Waals surface area contributed by atoms with Gasteiger partial charge in [0.1, 0.15) is 12.4 Å². The maximum atomic E-state index is 12.8. The van der Waals surface area contributed by atoms with Crippen LogP contribution in [0.5, 0.6) is 0 Å². The van der Waals surface area contributed by atoms with E-state index in [0.717, 1.165) is 4.47 Å². The second-order valence-corrected chi connectivity index (χ2v) is 8.84. The number of carbonyl (C=O) groups is 2. The third-order valence-corrected chi connectivity index (χ3v) is 6.24. The minimum Gasteiger partial charge on any atom is -0.468 e. The molecule has 0 aliphatic carbocycles. The summed E-state index contributed by atoms with van der Waals surface area (Å²) in [5.74, 6) is -1.05. The molecule has 1 atom stereocenters. The highest BCUT2D eigenvalue weighted by Gasteiger charge is 2.37. The molecule has 10 heteroatoms. The standard InChI is InChI=1S/C23H22BrN3O5S/c1-14-20(23(29)32-11-10-30-2)21(18-4-3-9-31-18)17(12-25)22(26-14)33-13-19(28)27-16-7-5-15(24)6-8-16/h3-9,21,26H,10-11,13H2,1-2H3,(H,27,28)/t21-/m1/s1. The van der Waals surface area contributed by atoms with Crippen LogP contribution in [0.3, 0.4) is 0 Å². The first-order valence-electron chi connectivity index (χ1n) is 9.94. The fraction of sp³-hybridized carbons (Fsp3) is 0.261. The van der Waals surface area contributed by atoms with E-state index in [2.05, 4.69) is 32.6 Å². The Kier molecular flexibility index (Phi) is 8.77. The van der Waals surface area contributed by atoms with Crippen LogP contribution in [0.4, 0.5) is 5.69 Å². The third-order valence-electron chi connectivity index (χ3n) is 4.69. The van der Waals surface area contributed by atoms with Crippen molar-refractivity contribution in [1.29, 1.82) is 5.26 Å². The van der Waals surface area contributed by atoms with Gasteiger partial charge in [0.15, 0.2) is 0 Å². The summed E-state index contributed by atoms with van der Waals surface area (Å²) in [4.78, 5) is 25.3. The zero-order chi connectivity index (χ0) is 23.8. The molecule has 3 rings (SSSR count). The minimum absolute atomic E-state index is 0.0648. The van der Waals surface area contributed by atoms with Crippen LogP contribution in [-0.4, -0.2) is 38.0 Å². The lowest BCUT2D eigenvalue weighted by Crippen LogP contribution is -2.29. The number of ether oxygens (including phenoxy) is 2. The van der Waals surface area contributed by atoms with Gasteiger partial charge >= 0.3 is 5.97 Å². The van der Waals surface area contributed by atoms with Gasteiger partial charge in [-0.3, -0.25) is 4.79 Å². The van der Waals surface area contributed by atoms with E-state index in [4.69, 9.17) is 13.9 Å². The van der Waals surface area contributed by atoms with Crippen LogP contribution in [0, 0.1) is 11.3 Å². The van der Waals surface area contributed by atoms with E-state index in [-0.39, 0.29) is 36.0 Å². The number of halogens is 1. The number of dihydropyridines is 1. The van der Waals surface area contributed by atoms with E-state index in [1.54, 1.807) is 31.2 Å². The molecule has 8 nitrogen and oxygen atoms in total. The molecule has 172 valence electrons. The number of hydrogen-bond acceptors (Lipinski definition) is 8. The molecule has 2 aromatic rings. The summed E-state index contributed by atoms with van der Waals surface area (Å²) in [6.45, 7) is 2.06. The largest absolute Gasteiger partial charge is 0.468 e. The second kappa shape index (κ2) is 11.7. The maximum absolute atomic E-state index is 12.8. The Morgan fingerprint density at radius 1 is 1.27 bits per heavy atom. The van der Waals surface area contributed by atoms with Gasteiger partial charge in [-0.1, -0.05) is 27.7 Å². The van der Waals surface area contributed by atoms with Gasteiger partial charge in [-0.15, -0.1) is 0 Å². The average Bonchev–Trinajstić information content (AvgIpc) is 3.33. The highest BCUT2D eigenvalue weighted by atomic mass is 79.9. The Labute approximate surface area is 204 Å². The lowest BCUT2D eigenvalue weighted by Gasteiger charge is -2.27. The zero-order valence-corrected chi connectivity index (χ0v) is 20.4. The van der Waals surface area contributed by atoms with Gasteiger partial charge in [0.25, 0.3) is 0 Å². The molecule has 1 aromatic carbocycles. The maximum Gasteiger partial charge on any atom is 0.336 e. The van der Waals surface area contributed by atoms with Crippen LogP contribution in [-0.2, 0) is 19.1 Å². The number of anilines is 1. The van der Waals surface area contributed by atoms with E-state index in [9.17, 15) is 14.9 Å². The van der Waals surface area contributed by atoms with Crippen molar-refractivity contribution < 1.29 is 23.5 Å². The first-order valence-corrected chi connectivity index (χ1v) is 11.7. The average molecular weight is 532 g/mol. The number of methoxy groups -OCH3 is 1. The number of nitriles is 1. The van der Waals surface area contributed by atoms with E-state index >= 15 is 0 Å². The Hall–Kier alpha value is -3.00. The fourth-order valence-corrected chi connectivity index (χ4v) is 4.36. The van der Waals surface area contributed by atoms with Crippen molar-refractivity contribution in [3.05, 3.63) is 74.8 Å². The predicted octanol–water partition coefficient (Wildman–Crippen LogP) is 4.30.